The molecule has 4 nitrogen and oxygen atoms in total. The molecular weight excluding hydrogens is 319 g/mol. The molecule has 2 aromatic carbocycles. The lowest BCUT2D eigenvalue weighted by Crippen LogP contribution is -2.06. The maximum absolute atomic E-state index is 12.7. The minimum atomic E-state index is -4.39. The third-order valence-corrected chi connectivity index (χ3v) is 3.62. The molecule has 0 saturated heterocycles. The fourth-order valence-electron chi connectivity index (χ4n) is 2.47. The van der Waals surface area contributed by atoms with Crippen molar-refractivity contribution in [3.05, 3.63) is 65.4 Å². The van der Waals surface area contributed by atoms with Crippen molar-refractivity contribution in [3.8, 4) is 16.9 Å². The van der Waals surface area contributed by atoms with Crippen molar-refractivity contribution in [3.63, 3.8) is 0 Å². The number of benzene rings is 2. The van der Waals surface area contributed by atoms with Gasteiger partial charge in [-0.1, -0.05) is 29.0 Å². The molecule has 0 fully saturated rings. The highest BCUT2D eigenvalue weighted by Crippen LogP contribution is 2.31. The zero-order chi connectivity index (χ0) is 17.3. The van der Waals surface area contributed by atoms with Crippen LogP contribution in [0.15, 0.2) is 48.5 Å². The summed E-state index contributed by atoms with van der Waals surface area (Å²) >= 11 is 0. The molecule has 1 N–H and O–H groups in total. The van der Waals surface area contributed by atoms with E-state index in [4.69, 9.17) is 0 Å². The fraction of sp³-hybridized carbons (Fsp3) is 0.176. The van der Waals surface area contributed by atoms with Crippen molar-refractivity contribution < 1.29 is 18.3 Å². The Morgan fingerprint density at radius 2 is 1.79 bits per heavy atom. The van der Waals surface area contributed by atoms with Gasteiger partial charge in [0.05, 0.1) is 17.9 Å². The zero-order valence-corrected chi connectivity index (χ0v) is 12.7. The first-order valence-electron chi connectivity index (χ1n) is 7.20. The minimum Gasteiger partial charge on any atom is -0.390 e. The first-order valence-corrected chi connectivity index (χ1v) is 7.20. The Morgan fingerprint density at radius 3 is 2.38 bits per heavy atom. The normalized spacial score (nSPS) is 11.7. The van der Waals surface area contributed by atoms with Gasteiger partial charge in [-0.2, -0.15) is 13.2 Å². The lowest BCUT2D eigenvalue weighted by Gasteiger charge is -2.10. The van der Waals surface area contributed by atoms with Crippen molar-refractivity contribution in [1.82, 2.24) is 15.0 Å². The fourth-order valence-corrected chi connectivity index (χ4v) is 2.47. The van der Waals surface area contributed by atoms with Crippen LogP contribution in [-0.4, -0.2) is 20.1 Å². The van der Waals surface area contributed by atoms with Gasteiger partial charge in [0.25, 0.3) is 0 Å². The third-order valence-electron chi connectivity index (χ3n) is 3.62. The molecular formula is C17H14F3N3O. The van der Waals surface area contributed by atoms with Crippen LogP contribution in [-0.2, 0) is 12.8 Å². The first kappa shape index (κ1) is 16.2. The molecule has 24 heavy (non-hydrogen) atoms. The zero-order valence-electron chi connectivity index (χ0n) is 12.7. The van der Waals surface area contributed by atoms with Gasteiger partial charge in [-0.05, 0) is 37.3 Å². The molecule has 7 heteroatoms. The van der Waals surface area contributed by atoms with Crippen molar-refractivity contribution in [2.24, 2.45) is 0 Å². The molecule has 0 radical (unpaired) electrons. The second kappa shape index (κ2) is 6.09. The van der Waals surface area contributed by atoms with Crippen LogP contribution in [0.25, 0.3) is 16.9 Å². The smallest absolute Gasteiger partial charge is 0.390 e. The molecule has 0 unspecified atom stereocenters. The summed E-state index contributed by atoms with van der Waals surface area (Å²) in [7, 11) is 0. The van der Waals surface area contributed by atoms with Crippen LogP contribution < -0.4 is 0 Å². The van der Waals surface area contributed by atoms with E-state index in [9.17, 15) is 18.3 Å². The molecule has 0 aliphatic rings. The highest BCUT2D eigenvalue weighted by Gasteiger charge is 2.30. The van der Waals surface area contributed by atoms with Gasteiger partial charge in [-0.25, -0.2) is 4.68 Å². The number of aromatic nitrogens is 3. The predicted octanol–water partition coefficient (Wildman–Crippen LogP) is 3.75. The number of rotatable bonds is 3. The lowest BCUT2D eigenvalue weighted by atomic mass is 10.1. The summed E-state index contributed by atoms with van der Waals surface area (Å²) in [6, 6.07) is 12.2. The molecule has 0 aliphatic carbocycles. The summed E-state index contributed by atoms with van der Waals surface area (Å²) in [6.45, 7) is 1.61. The summed E-state index contributed by atoms with van der Waals surface area (Å²) in [5.74, 6) is 0. The van der Waals surface area contributed by atoms with E-state index >= 15 is 0 Å². The van der Waals surface area contributed by atoms with E-state index in [-0.39, 0.29) is 6.61 Å². The number of nitrogens with zero attached hydrogens (tertiary/aromatic N) is 3. The van der Waals surface area contributed by atoms with E-state index in [2.05, 4.69) is 10.3 Å². The predicted molar refractivity (Wildman–Crippen MR) is 82.5 cm³/mol. The Balaban J connectivity index is 2.11. The van der Waals surface area contributed by atoms with Gasteiger partial charge in [0.2, 0.25) is 0 Å². The van der Waals surface area contributed by atoms with E-state index < -0.39 is 11.7 Å². The maximum Gasteiger partial charge on any atom is 0.416 e. The van der Waals surface area contributed by atoms with Crippen LogP contribution in [0, 0.1) is 6.92 Å². The maximum atomic E-state index is 12.7. The molecule has 0 saturated carbocycles. The summed E-state index contributed by atoms with van der Waals surface area (Å²) in [5, 5.41) is 17.4. The van der Waals surface area contributed by atoms with Crippen molar-refractivity contribution in [1.29, 1.82) is 0 Å². The Morgan fingerprint density at radius 1 is 1.08 bits per heavy atom. The van der Waals surface area contributed by atoms with Gasteiger partial charge >= 0.3 is 6.18 Å². The topological polar surface area (TPSA) is 50.9 Å². The molecule has 124 valence electrons. The van der Waals surface area contributed by atoms with Crippen molar-refractivity contribution in [2.75, 3.05) is 0 Å². The van der Waals surface area contributed by atoms with Gasteiger partial charge in [0, 0.05) is 5.56 Å². The summed E-state index contributed by atoms with van der Waals surface area (Å²) in [5.41, 5.74) is 2.42. The number of hydrogen-bond donors (Lipinski definition) is 1. The highest BCUT2D eigenvalue weighted by atomic mass is 19.4. The van der Waals surface area contributed by atoms with Gasteiger partial charge in [-0.15, -0.1) is 5.10 Å². The van der Waals surface area contributed by atoms with Crippen LogP contribution in [0.2, 0.25) is 0 Å². The second-order valence-corrected chi connectivity index (χ2v) is 5.37. The van der Waals surface area contributed by atoms with Crippen LogP contribution in [0.3, 0.4) is 0 Å². The molecule has 3 aromatic rings. The number of aryl methyl sites for hydroxylation is 1. The molecule has 3 rings (SSSR count). The number of aliphatic hydroxyl groups excluding tert-OH is 1. The van der Waals surface area contributed by atoms with Crippen LogP contribution in [0.1, 0.15) is 16.8 Å². The summed E-state index contributed by atoms with van der Waals surface area (Å²) in [4.78, 5) is 0. The minimum absolute atomic E-state index is 0.316. The van der Waals surface area contributed by atoms with Gasteiger partial charge < -0.3 is 5.11 Å². The van der Waals surface area contributed by atoms with E-state index in [1.165, 1.54) is 16.8 Å². The Kier molecular flexibility index (Phi) is 4.11. The van der Waals surface area contributed by atoms with Crippen molar-refractivity contribution >= 4 is 0 Å². The third kappa shape index (κ3) is 3.03. The number of aliphatic hydroxyl groups is 1. The SMILES string of the molecule is Cc1cccc(-c2c(CO)nnn2-c2ccc(C(F)(F)F)cc2)c1. The van der Waals surface area contributed by atoms with E-state index in [1.54, 1.807) is 0 Å². The average molecular weight is 333 g/mol. The van der Waals surface area contributed by atoms with Crippen LogP contribution >= 0.6 is 0 Å². The Labute approximate surface area is 136 Å². The second-order valence-electron chi connectivity index (χ2n) is 5.37. The first-order chi connectivity index (χ1) is 11.4. The average Bonchev–Trinajstić information content (AvgIpc) is 2.98. The summed E-state index contributed by atoms with van der Waals surface area (Å²) in [6.07, 6.45) is -4.39. The van der Waals surface area contributed by atoms with E-state index in [0.29, 0.717) is 17.1 Å². The molecule has 1 heterocycles. The lowest BCUT2D eigenvalue weighted by molar-refractivity contribution is -0.137. The number of hydrogen-bond acceptors (Lipinski definition) is 3. The highest BCUT2D eigenvalue weighted by molar-refractivity contribution is 5.65. The quantitative estimate of drug-likeness (QED) is 0.794. The largest absolute Gasteiger partial charge is 0.416 e. The number of alkyl halides is 3. The molecule has 0 amide bonds. The van der Waals surface area contributed by atoms with E-state index in [1.807, 2.05) is 31.2 Å². The van der Waals surface area contributed by atoms with Gasteiger partial charge in [0.15, 0.2) is 0 Å². The summed E-state index contributed by atoms with van der Waals surface area (Å²) < 4.78 is 39.5. The standard InChI is InChI=1S/C17H14F3N3O/c1-11-3-2-4-12(9-11)16-15(10-24)21-22-23(16)14-7-5-13(6-8-14)17(18,19)20/h2-9,24H,10H2,1H3. The van der Waals surface area contributed by atoms with Crippen LogP contribution in [0.5, 0.6) is 0 Å². The van der Waals surface area contributed by atoms with Gasteiger partial charge in [0.1, 0.15) is 11.4 Å². The Bertz CT molecular complexity index is 854. The molecule has 0 spiro atoms. The van der Waals surface area contributed by atoms with Crippen molar-refractivity contribution in [2.45, 2.75) is 19.7 Å². The molecule has 1 aromatic heterocycles. The van der Waals surface area contributed by atoms with Crippen LogP contribution in [0.4, 0.5) is 13.2 Å². The monoisotopic (exact) mass is 333 g/mol. The molecule has 0 aliphatic heterocycles. The Hall–Kier alpha value is -2.67. The molecule has 0 atom stereocenters. The van der Waals surface area contributed by atoms with E-state index in [0.717, 1.165) is 23.3 Å². The van der Waals surface area contributed by atoms with Gasteiger partial charge in [-0.3, -0.25) is 0 Å². The molecule has 0 bridgehead atoms. The number of halogens is 3.